The van der Waals surface area contributed by atoms with Crippen molar-refractivity contribution in [3.63, 3.8) is 0 Å². The summed E-state index contributed by atoms with van der Waals surface area (Å²) in [5.74, 6) is 0.0745. The molecule has 15 heavy (non-hydrogen) atoms. The van der Waals surface area contributed by atoms with Crippen LogP contribution in [0.1, 0.15) is 15.9 Å². The fourth-order valence-corrected chi connectivity index (χ4v) is 1.68. The number of aliphatic hydroxyl groups is 1. The number of aromatic hydroxyl groups is 1. The summed E-state index contributed by atoms with van der Waals surface area (Å²) in [7, 11) is 0. The van der Waals surface area contributed by atoms with Gasteiger partial charge in [-0.15, -0.1) is 0 Å². The second-order valence-corrected chi connectivity index (χ2v) is 3.86. The van der Waals surface area contributed by atoms with E-state index in [1.165, 1.54) is 6.07 Å². The molecule has 2 N–H and O–H groups in total. The van der Waals surface area contributed by atoms with Crippen molar-refractivity contribution >= 4 is 5.91 Å². The van der Waals surface area contributed by atoms with Crippen molar-refractivity contribution in [3.05, 3.63) is 29.3 Å². The van der Waals surface area contributed by atoms with E-state index in [0.29, 0.717) is 18.7 Å². The molecule has 1 fully saturated rings. The number of carbonyl (C=O) groups excluding carboxylic acids is 1. The Balaban J connectivity index is 2.19. The minimum absolute atomic E-state index is 0.0854. The SMILES string of the molecule is Cc1cc(O)ccc1C(=O)N1CC(O)C1. The lowest BCUT2D eigenvalue weighted by Crippen LogP contribution is -2.53. The molecule has 0 bridgehead atoms. The standard InChI is InChI=1S/C11H13NO3/c1-7-4-8(13)2-3-10(7)11(15)12-5-9(14)6-12/h2-4,9,13-14H,5-6H2,1H3. The molecule has 1 aliphatic heterocycles. The molecular formula is C11H13NO3. The van der Waals surface area contributed by atoms with Crippen LogP contribution in [0.3, 0.4) is 0 Å². The summed E-state index contributed by atoms with van der Waals surface area (Å²) in [6.45, 7) is 2.58. The first kappa shape index (κ1) is 9.98. The third-order valence-electron chi connectivity index (χ3n) is 2.59. The van der Waals surface area contributed by atoms with Gasteiger partial charge in [-0.3, -0.25) is 4.79 Å². The van der Waals surface area contributed by atoms with Gasteiger partial charge in [0.1, 0.15) is 5.75 Å². The van der Waals surface area contributed by atoms with Crippen LogP contribution in [-0.2, 0) is 0 Å². The predicted octanol–water partition coefficient (Wildman–Crippen LogP) is 0.517. The van der Waals surface area contributed by atoms with Crippen LogP contribution >= 0.6 is 0 Å². The van der Waals surface area contributed by atoms with Gasteiger partial charge in [0.2, 0.25) is 0 Å². The van der Waals surface area contributed by atoms with E-state index in [2.05, 4.69) is 0 Å². The van der Waals surface area contributed by atoms with Gasteiger partial charge in [0.25, 0.3) is 5.91 Å². The number of hydrogen-bond acceptors (Lipinski definition) is 3. The molecule has 0 spiro atoms. The number of aliphatic hydroxyl groups excluding tert-OH is 1. The maximum atomic E-state index is 11.8. The van der Waals surface area contributed by atoms with Crippen molar-refractivity contribution in [1.29, 1.82) is 0 Å². The van der Waals surface area contributed by atoms with Crippen LogP contribution in [0.4, 0.5) is 0 Å². The van der Waals surface area contributed by atoms with Gasteiger partial charge in [-0.2, -0.15) is 0 Å². The molecule has 1 saturated heterocycles. The first-order valence-electron chi connectivity index (χ1n) is 4.85. The molecule has 0 aromatic heterocycles. The zero-order chi connectivity index (χ0) is 11.0. The van der Waals surface area contributed by atoms with Gasteiger partial charge in [-0.25, -0.2) is 0 Å². The molecule has 0 unspecified atom stereocenters. The third-order valence-corrected chi connectivity index (χ3v) is 2.59. The van der Waals surface area contributed by atoms with Gasteiger partial charge < -0.3 is 15.1 Å². The summed E-state index contributed by atoms with van der Waals surface area (Å²) in [5.41, 5.74) is 1.33. The quantitative estimate of drug-likeness (QED) is 0.705. The van der Waals surface area contributed by atoms with Crippen molar-refractivity contribution in [2.24, 2.45) is 0 Å². The fraction of sp³-hybridized carbons (Fsp3) is 0.364. The summed E-state index contributed by atoms with van der Waals surface area (Å²) < 4.78 is 0. The smallest absolute Gasteiger partial charge is 0.254 e. The van der Waals surface area contributed by atoms with E-state index in [1.807, 2.05) is 0 Å². The summed E-state index contributed by atoms with van der Waals surface area (Å²) >= 11 is 0. The molecule has 0 radical (unpaired) electrons. The van der Waals surface area contributed by atoms with Gasteiger partial charge in [0.05, 0.1) is 6.10 Å². The Morgan fingerprint density at radius 3 is 2.67 bits per heavy atom. The number of hydrogen-bond donors (Lipinski definition) is 2. The lowest BCUT2D eigenvalue weighted by Gasteiger charge is -2.36. The molecule has 4 heteroatoms. The molecule has 0 aliphatic carbocycles. The van der Waals surface area contributed by atoms with Gasteiger partial charge in [0.15, 0.2) is 0 Å². The topological polar surface area (TPSA) is 60.8 Å². The van der Waals surface area contributed by atoms with Crippen LogP contribution in [0.15, 0.2) is 18.2 Å². The Morgan fingerprint density at radius 1 is 1.47 bits per heavy atom. The minimum Gasteiger partial charge on any atom is -0.508 e. The van der Waals surface area contributed by atoms with E-state index >= 15 is 0 Å². The van der Waals surface area contributed by atoms with Crippen molar-refractivity contribution in [2.75, 3.05) is 13.1 Å². The number of β-amino-alcohol motifs (C(OH)–C–C–N with tert-alkyl or cyclic N) is 1. The van der Waals surface area contributed by atoms with E-state index in [9.17, 15) is 9.90 Å². The Hall–Kier alpha value is -1.55. The molecular weight excluding hydrogens is 194 g/mol. The monoisotopic (exact) mass is 207 g/mol. The third kappa shape index (κ3) is 1.80. The number of rotatable bonds is 1. The van der Waals surface area contributed by atoms with E-state index in [1.54, 1.807) is 24.0 Å². The maximum absolute atomic E-state index is 11.8. The number of nitrogens with zero attached hydrogens (tertiary/aromatic N) is 1. The first-order valence-corrected chi connectivity index (χ1v) is 4.85. The lowest BCUT2D eigenvalue weighted by atomic mass is 10.0. The zero-order valence-corrected chi connectivity index (χ0v) is 8.47. The number of likely N-dealkylation sites (tertiary alicyclic amines) is 1. The second-order valence-electron chi connectivity index (χ2n) is 3.86. The van der Waals surface area contributed by atoms with E-state index < -0.39 is 0 Å². The predicted molar refractivity (Wildman–Crippen MR) is 54.8 cm³/mol. The number of amides is 1. The van der Waals surface area contributed by atoms with Crippen molar-refractivity contribution < 1.29 is 15.0 Å². The highest BCUT2D eigenvalue weighted by molar-refractivity contribution is 5.96. The second kappa shape index (κ2) is 3.55. The Morgan fingerprint density at radius 2 is 2.13 bits per heavy atom. The van der Waals surface area contributed by atoms with E-state index in [4.69, 9.17) is 5.11 Å². The average Bonchev–Trinajstić information content (AvgIpc) is 2.12. The fourth-order valence-electron chi connectivity index (χ4n) is 1.68. The number of carbonyl (C=O) groups is 1. The molecule has 1 heterocycles. The lowest BCUT2D eigenvalue weighted by molar-refractivity contribution is 0.00584. The maximum Gasteiger partial charge on any atom is 0.254 e. The normalized spacial score (nSPS) is 16.3. The Labute approximate surface area is 87.8 Å². The van der Waals surface area contributed by atoms with Crippen molar-refractivity contribution in [2.45, 2.75) is 13.0 Å². The van der Waals surface area contributed by atoms with E-state index in [0.717, 1.165) is 5.56 Å². The number of aryl methyl sites for hydroxylation is 1. The molecule has 4 nitrogen and oxygen atoms in total. The summed E-state index contributed by atoms with van der Waals surface area (Å²) in [4.78, 5) is 13.4. The Kier molecular flexibility index (Phi) is 2.36. The van der Waals surface area contributed by atoms with Crippen LogP contribution in [0.2, 0.25) is 0 Å². The summed E-state index contributed by atoms with van der Waals surface area (Å²) in [5, 5.41) is 18.3. The molecule has 80 valence electrons. The molecule has 0 atom stereocenters. The van der Waals surface area contributed by atoms with Crippen LogP contribution < -0.4 is 0 Å². The summed E-state index contributed by atoms with van der Waals surface area (Å²) in [6.07, 6.45) is -0.383. The highest BCUT2D eigenvalue weighted by Gasteiger charge is 2.29. The van der Waals surface area contributed by atoms with Crippen molar-refractivity contribution in [3.8, 4) is 5.75 Å². The highest BCUT2D eigenvalue weighted by Crippen LogP contribution is 2.19. The molecule has 0 saturated carbocycles. The summed E-state index contributed by atoms with van der Waals surface area (Å²) in [6, 6.07) is 4.66. The van der Waals surface area contributed by atoms with Gasteiger partial charge in [0, 0.05) is 18.7 Å². The first-order chi connectivity index (χ1) is 7.08. The number of benzene rings is 1. The molecule has 1 aromatic rings. The van der Waals surface area contributed by atoms with E-state index in [-0.39, 0.29) is 17.8 Å². The highest BCUT2D eigenvalue weighted by atomic mass is 16.3. The molecule has 1 aromatic carbocycles. The molecule has 2 rings (SSSR count). The van der Waals surface area contributed by atoms with Crippen LogP contribution in [0, 0.1) is 6.92 Å². The van der Waals surface area contributed by atoms with Gasteiger partial charge in [-0.1, -0.05) is 0 Å². The average molecular weight is 207 g/mol. The van der Waals surface area contributed by atoms with Gasteiger partial charge >= 0.3 is 0 Å². The van der Waals surface area contributed by atoms with Crippen molar-refractivity contribution in [1.82, 2.24) is 4.90 Å². The van der Waals surface area contributed by atoms with Crippen LogP contribution in [-0.4, -0.2) is 40.2 Å². The molecule has 1 amide bonds. The number of phenolic OH excluding ortho intramolecular Hbond substituents is 1. The zero-order valence-electron chi connectivity index (χ0n) is 8.47. The number of phenols is 1. The minimum atomic E-state index is -0.383. The molecule has 1 aliphatic rings. The van der Waals surface area contributed by atoms with Gasteiger partial charge in [-0.05, 0) is 30.7 Å². The van der Waals surface area contributed by atoms with Crippen LogP contribution in [0.25, 0.3) is 0 Å². The Bertz CT molecular complexity index is 397. The largest absolute Gasteiger partial charge is 0.508 e. The van der Waals surface area contributed by atoms with Crippen LogP contribution in [0.5, 0.6) is 5.75 Å².